The van der Waals surface area contributed by atoms with E-state index in [2.05, 4.69) is 18.1 Å². The van der Waals surface area contributed by atoms with E-state index in [4.69, 9.17) is 16.3 Å². The van der Waals surface area contributed by atoms with E-state index in [1.165, 1.54) is 0 Å². The predicted molar refractivity (Wildman–Crippen MR) is 102 cm³/mol. The fourth-order valence-corrected chi connectivity index (χ4v) is 3.76. The van der Waals surface area contributed by atoms with Crippen LogP contribution in [0.25, 0.3) is 0 Å². The summed E-state index contributed by atoms with van der Waals surface area (Å²) in [7, 11) is 0. The van der Waals surface area contributed by atoms with E-state index in [1.807, 2.05) is 48.7 Å². The maximum atomic E-state index is 12.9. The highest BCUT2D eigenvalue weighted by molar-refractivity contribution is 6.31. The van der Waals surface area contributed by atoms with E-state index in [0.29, 0.717) is 13.1 Å². The van der Waals surface area contributed by atoms with Crippen LogP contribution in [0.4, 0.5) is 4.79 Å². The first-order chi connectivity index (χ1) is 12.5. The molecule has 6 heteroatoms. The lowest BCUT2D eigenvalue weighted by Crippen LogP contribution is -2.60. The van der Waals surface area contributed by atoms with E-state index in [-0.39, 0.29) is 23.6 Å². The van der Waals surface area contributed by atoms with Gasteiger partial charge in [0.15, 0.2) is 0 Å². The van der Waals surface area contributed by atoms with Crippen LogP contribution in [0.3, 0.4) is 0 Å². The topological polar surface area (TPSA) is 45.1 Å². The van der Waals surface area contributed by atoms with Gasteiger partial charge in [0.2, 0.25) is 0 Å². The van der Waals surface area contributed by atoms with Gasteiger partial charge in [-0.2, -0.15) is 5.10 Å². The molecule has 1 unspecified atom stereocenters. The van der Waals surface area contributed by atoms with Crippen LogP contribution in [0.15, 0.2) is 58.7 Å². The molecule has 0 saturated carbocycles. The van der Waals surface area contributed by atoms with Crippen LogP contribution in [0.2, 0.25) is 0 Å². The molecule has 5 nitrogen and oxygen atoms in total. The number of carbonyl (C=O) groups is 1. The van der Waals surface area contributed by atoms with Gasteiger partial charge in [0.1, 0.15) is 11.9 Å². The van der Waals surface area contributed by atoms with Crippen molar-refractivity contribution < 1.29 is 9.53 Å². The Morgan fingerprint density at radius 1 is 1.31 bits per heavy atom. The Bertz CT molecular complexity index is 771. The molecule has 1 fully saturated rings. The molecule has 3 aliphatic rings. The van der Waals surface area contributed by atoms with Gasteiger partial charge in [-0.1, -0.05) is 48.9 Å². The van der Waals surface area contributed by atoms with E-state index < -0.39 is 0 Å². The molecule has 0 bridgehead atoms. The number of ether oxygens (including phenoxy) is 1. The summed E-state index contributed by atoms with van der Waals surface area (Å²) in [6.07, 6.45) is 9.47. The molecule has 1 aliphatic carbocycles. The minimum absolute atomic E-state index is 0.0151. The first kappa shape index (κ1) is 17.2. The minimum Gasteiger partial charge on any atom is -0.487 e. The Labute approximate surface area is 158 Å². The molecule has 0 N–H and O–H groups in total. The third-order valence-corrected chi connectivity index (χ3v) is 5.59. The summed E-state index contributed by atoms with van der Waals surface area (Å²) >= 11 is 6.05. The number of likely N-dealkylation sites (tertiary alicyclic amines) is 1. The summed E-state index contributed by atoms with van der Waals surface area (Å²) in [5, 5.41) is 6.74. The highest BCUT2D eigenvalue weighted by atomic mass is 35.5. The van der Waals surface area contributed by atoms with E-state index in [0.717, 1.165) is 23.6 Å². The zero-order chi connectivity index (χ0) is 18.1. The van der Waals surface area contributed by atoms with Crippen LogP contribution >= 0.6 is 11.6 Å². The standard InChI is InChI=1S/C20H22ClN3O2/c1-20(10-7-15(21)8-11-20)18-9-12-22-24(18)19(25)23-13-17(14-23)26-16-5-3-2-4-6-16/h2-8,10,12,17-18H,9,11,13-14H2,1H3/t18-,20?/m0/s1. The molecule has 1 saturated heterocycles. The van der Waals surface area contributed by atoms with Gasteiger partial charge in [0.05, 0.1) is 19.1 Å². The summed E-state index contributed by atoms with van der Waals surface area (Å²) in [5.41, 5.74) is -0.157. The molecule has 0 radical (unpaired) electrons. The Morgan fingerprint density at radius 3 is 2.77 bits per heavy atom. The Hall–Kier alpha value is -2.27. The van der Waals surface area contributed by atoms with Crippen LogP contribution in [0.1, 0.15) is 19.8 Å². The highest BCUT2D eigenvalue weighted by Crippen LogP contribution is 2.40. The molecule has 2 atom stereocenters. The molecule has 26 heavy (non-hydrogen) atoms. The molecule has 1 aromatic carbocycles. The number of rotatable bonds is 3. The monoisotopic (exact) mass is 371 g/mol. The summed E-state index contributed by atoms with van der Waals surface area (Å²) in [6.45, 7) is 3.33. The third-order valence-electron chi connectivity index (χ3n) is 5.31. The van der Waals surface area contributed by atoms with Gasteiger partial charge in [-0.25, -0.2) is 9.80 Å². The van der Waals surface area contributed by atoms with Crippen molar-refractivity contribution in [1.29, 1.82) is 0 Å². The van der Waals surface area contributed by atoms with Gasteiger partial charge in [0, 0.05) is 23.1 Å². The maximum absolute atomic E-state index is 12.9. The first-order valence-corrected chi connectivity index (χ1v) is 9.30. The molecule has 0 spiro atoms. The number of amides is 2. The normalized spacial score (nSPS) is 28.1. The van der Waals surface area contributed by atoms with Gasteiger partial charge < -0.3 is 9.64 Å². The molecular formula is C20H22ClN3O2. The molecule has 1 aromatic rings. The molecule has 2 amide bonds. The zero-order valence-electron chi connectivity index (χ0n) is 14.7. The molecular weight excluding hydrogens is 350 g/mol. The Morgan fingerprint density at radius 2 is 2.08 bits per heavy atom. The van der Waals surface area contributed by atoms with Crippen molar-refractivity contribution in [3.63, 3.8) is 0 Å². The number of carbonyl (C=O) groups excluding carboxylic acids is 1. The van der Waals surface area contributed by atoms with Gasteiger partial charge in [-0.3, -0.25) is 0 Å². The molecule has 136 valence electrons. The van der Waals surface area contributed by atoms with Crippen LogP contribution in [0.5, 0.6) is 5.75 Å². The van der Waals surface area contributed by atoms with Crippen molar-refractivity contribution in [3.05, 3.63) is 53.6 Å². The lowest BCUT2D eigenvalue weighted by molar-refractivity contribution is 0.0213. The van der Waals surface area contributed by atoms with Gasteiger partial charge in [-0.05, 0) is 24.6 Å². The number of benzene rings is 1. The number of para-hydroxylation sites is 1. The molecule has 2 aliphatic heterocycles. The molecule has 4 rings (SSSR count). The lowest BCUT2D eigenvalue weighted by atomic mass is 9.76. The maximum Gasteiger partial charge on any atom is 0.340 e. The predicted octanol–water partition coefficient (Wildman–Crippen LogP) is 4.02. The van der Waals surface area contributed by atoms with Crippen molar-refractivity contribution >= 4 is 23.8 Å². The number of halogens is 1. The third kappa shape index (κ3) is 3.23. The number of hydrazone groups is 1. The first-order valence-electron chi connectivity index (χ1n) is 8.92. The van der Waals surface area contributed by atoms with Crippen LogP contribution in [0, 0.1) is 5.41 Å². The minimum atomic E-state index is -0.157. The SMILES string of the molecule is CC1([C@@H]2CC=NN2C(=O)N2CC(Oc3ccccc3)C2)C=CC(Cl)=CC1. The molecule has 0 aromatic heterocycles. The number of allylic oxidation sites excluding steroid dienone is 3. The highest BCUT2D eigenvalue weighted by Gasteiger charge is 2.44. The van der Waals surface area contributed by atoms with Crippen molar-refractivity contribution in [2.45, 2.75) is 31.9 Å². The van der Waals surface area contributed by atoms with Crippen LogP contribution in [-0.2, 0) is 0 Å². The fraction of sp³-hybridized carbons (Fsp3) is 0.400. The second kappa shape index (κ2) is 6.80. The summed E-state index contributed by atoms with van der Waals surface area (Å²) < 4.78 is 5.88. The Balaban J connectivity index is 1.36. The number of hydrogen-bond acceptors (Lipinski definition) is 3. The van der Waals surface area contributed by atoms with Crippen molar-refractivity contribution in [3.8, 4) is 5.75 Å². The van der Waals surface area contributed by atoms with Gasteiger partial charge in [0.25, 0.3) is 0 Å². The summed E-state index contributed by atoms with van der Waals surface area (Å²) in [5.74, 6) is 0.838. The average Bonchev–Trinajstić information content (AvgIpc) is 3.11. The number of nitrogens with zero attached hydrogens (tertiary/aromatic N) is 3. The quantitative estimate of drug-likeness (QED) is 0.805. The summed E-state index contributed by atoms with van der Waals surface area (Å²) in [4.78, 5) is 14.7. The zero-order valence-corrected chi connectivity index (χ0v) is 15.5. The van der Waals surface area contributed by atoms with Crippen LogP contribution < -0.4 is 4.74 Å². The average molecular weight is 372 g/mol. The summed E-state index contributed by atoms with van der Waals surface area (Å²) in [6, 6.07) is 9.67. The van der Waals surface area contributed by atoms with Gasteiger partial charge >= 0.3 is 6.03 Å². The Kier molecular flexibility index (Phi) is 4.49. The largest absolute Gasteiger partial charge is 0.487 e. The number of urea groups is 1. The second-order valence-electron chi connectivity index (χ2n) is 7.27. The smallest absolute Gasteiger partial charge is 0.340 e. The van der Waals surface area contributed by atoms with E-state index >= 15 is 0 Å². The van der Waals surface area contributed by atoms with Crippen molar-refractivity contribution in [2.75, 3.05) is 13.1 Å². The van der Waals surface area contributed by atoms with E-state index in [1.54, 1.807) is 9.91 Å². The van der Waals surface area contributed by atoms with Crippen molar-refractivity contribution in [2.24, 2.45) is 10.5 Å². The number of hydrogen-bond donors (Lipinski definition) is 0. The fourth-order valence-electron chi connectivity index (χ4n) is 3.62. The van der Waals surface area contributed by atoms with Gasteiger partial charge in [-0.15, -0.1) is 0 Å². The molecule has 2 heterocycles. The van der Waals surface area contributed by atoms with Crippen LogP contribution in [-0.4, -0.2) is 47.4 Å². The lowest BCUT2D eigenvalue weighted by Gasteiger charge is -2.43. The van der Waals surface area contributed by atoms with Crippen molar-refractivity contribution in [1.82, 2.24) is 9.91 Å². The second-order valence-corrected chi connectivity index (χ2v) is 7.70. The van der Waals surface area contributed by atoms with E-state index in [9.17, 15) is 4.79 Å².